The van der Waals surface area contributed by atoms with Gasteiger partial charge < -0.3 is 4.18 Å². The van der Waals surface area contributed by atoms with Gasteiger partial charge in [-0.1, -0.05) is 18.2 Å². The first-order valence-corrected chi connectivity index (χ1v) is 10.9. The highest BCUT2D eigenvalue weighted by atomic mass is 32.2. The molecule has 13 heteroatoms. The monoisotopic (exact) mass is 516 g/mol. The minimum atomic E-state index is -4.81. The van der Waals surface area contributed by atoms with E-state index < -0.39 is 62.1 Å². The van der Waals surface area contributed by atoms with E-state index in [0.717, 1.165) is 0 Å². The zero-order valence-corrected chi connectivity index (χ0v) is 18.1. The smallest absolute Gasteiger partial charge is 0.379 e. The van der Waals surface area contributed by atoms with Crippen molar-refractivity contribution in [2.45, 2.75) is 17.5 Å². The molecule has 0 saturated heterocycles. The van der Waals surface area contributed by atoms with Gasteiger partial charge in [-0.2, -0.15) is 26.7 Å². The second-order valence-corrected chi connectivity index (χ2v) is 8.46. The van der Waals surface area contributed by atoms with Crippen LogP contribution in [0.1, 0.15) is 16.7 Å². The minimum absolute atomic E-state index is 0.0950. The molecule has 3 aromatic carbocycles. The summed E-state index contributed by atoms with van der Waals surface area (Å²) in [6.07, 6.45) is -4.83. The molecule has 0 spiro atoms. The first kappa shape index (κ1) is 25.7. The fourth-order valence-electron chi connectivity index (χ4n) is 2.81. The molecule has 35 heavy (non-hydrogen) atoms. The van der Waals surface area contributed by atoms with Gasteiger partial charge in [0.05, 0.1) is 18.2 Å². The molecule has 3 rings (SSSR count). The maximum atomic E-state index is 13.3. The number of hydrogen-bond donors (Lipinski definition) is 1. The van der Waals surface area contributed by atoms with Gasteiger partial charge in [-0.25, -0.2) is 18.6 Å². The molecular formula is C22H14F6N2O4S. The lowest BCUT2D eigenvalue weighted by Gasteiger charge is -2.12. The Balaban J connectivity index is 1.85. The van der Waals surface area contributed by atoms with E-state index in [9.17, 15) is 39.6 Å². The second kappa shape index (κ2) is 10.2. The topological polar surface area (TPSA) is 84.8 Å². The maximum Gasteiger partial charge on any atom is 0.416 e. The Morgan fingerprint density at radius 1 is 0.971 bits per heavy atom. The van der Waals surface area contributed by atoms with Gasteiger partial charge in [0.1, 0.15) is 10.6 Å². The molecule has 0 radical (unpaired) electrons. The van der Waals surface area contributed by atoms with Crippen molar-refractivity contribution in [2.75, 3.05) is 0 Å². The SMILES string of the molecule is O=C(Cc1cc(F)c(F)c(F)c1)N/N=C/c1cc(C(F)(F)F)ccc1S(=O)(=O)Oc1ccccc1. The summed E-state index contributed by atoms with van der Waals surface area (Å²) in [5, 5.41) is 3.43. The van der Waals surface area contributed by atoms with Crippen molar-refractivity contribution in [3.63, 3.8) is 0 Å². The van der Waals surface area contributed by atoms with Gasteiger partial charge in [-0.05, 0) is 48.0 Å². The fraction of sp³-hybridized carbons (Fsp3) is 0.0909. The van der Waals surface area contributed by atoms with E-state index in [-0.39, 0.29) is 11.3 Å². The first-order valence-electron chi connectivity index (χ1n) is 9.53. The molecule has 1 N–H and O–H groups in total. The summed E-state index contributed by atoms with van der Waals surface area (Å²) in [5.41, 5.74) is -0.102. The second-order valence-electron chi connectivity index (χ2n) is 6.94. The van der Waals surface area contributed by atoms with Crippen LogP contribution < -0.4 is 9.61 Å². The number of nitrogens with one attached hydrogen (secondary N) is 1. The molecule has 6 nitrogen and oxygen atoms in total. The average molecular weight is 516 g/mol. The molecule has 0 atom stereocenters. The minimum Gasteiger partial charge on any atom is -0.379 e. The van der Waals surface area contributed by atoms with Crippen molar-refractivity contribution >= 4 is 22.2 Å². The number of hydrazone groups is 1. The molecule has 3 aromatic rings. The number of carbonyl (C=O) groups is 1. The molecule has 0 aliphatic heterocycles. The summed E-state index contributed by atoms with van der Waals surface area (Å²) in [4.78, 5) is 11.3. The van der Waals surface area contributed by atoms with Crippen LogP contribution in [0.15, 0.2) is 70.7 Å². The van der Waals surface area contributed by atoms with Gasteiger partial charge in [-0.3, -0.25) is 4.79 Å². The first-order chi connectivity index (χ1) is 16.4. The Bertz CT molecular complexity index is 1350. The van der Waals surface area contributed by atoms with Crippen molar-refractivity contribution in [2.24, 2.45) is 5.10 Å². The average Bonchev–Trinajstić information content (AvgIpc) is 2.77. The molecule has 0 saturated carbocycles. The van der Waals surface area contributed by atoms with Gasteiger partial charge >= 0.3 is 16.3 Å². The van der Waals surface area contributed by atoms with Crippen LogP contribution in [-0.2, 0) is 27.5 Å². The third-order valence-electron chi connectivity index (χ3n) is 4.36. The van der Waals surface area contributed by atoms with E-state index in [1.165, 1.54) is 24.3 Å². The van der Waals surface area contributed by atoms with Crippen molar-refractivity contribution in [3.05, 3.63) is 94.8 Å². The van der Waals surface area contributed by atoms with Gasteiger partial charge in [-0.15, -0.1) is 0 Å². The third-order valence-corrected chi connectivity index (χ3v) is 5.68. The number of amides is 1. The number of para-hydroxylation sites is 1. The summed E-state index contributed by atoms with van der Waals surface area (Å²) in [7, 11) is -4.61. The summed E-state index contributed by atoms with van der Waals surface area (Å²) in [5.74, 6) is -5.82. The van der Waals surface area contributed by atoms with Crippen LogP contribution in [0.5, 0.6) is 5.75 Å². The molecular weight excluding hydrogens is 502 g/mol. The molecule has 0 heterocycles. The van der Waals surface area contributed by atoms with E-state index in [4.69, 9.17) is 4.18 Å². The molecule has 1 amide bonds. The Morgan fingerprint density at radius 3 is 2.20 bits per heavy atom. The van der Waals surface area contributed by atoms with Crippen LogP contribution in [-0.4, -0.2) is 20.5 Å². The Morgan fingerprint density at radius 2 is 1.60 bits per heavy atom. The van der Waals surface area contributed by atoms with Crippen molar-refractivity contribution in [1.82, 2.24) is 5.43 Å². The van der Waals surface area contributed by atoms with Crippen molar-refractivity contribution in [3.8, 4) is 5.75 Å². The number of halogens is 6. The zero-order chi connectivity index (χ0) is 25.8. The number of rotatable bonds is 7. The van der Waals surface area contributed by atoms with Crippen LogP contribution in [0.3, 0.4) is 0 Å². The van der Waals surface area contributed by atoms with Crippen molar-refractivity contribution < 1.29 is 43.7 Å². The number of nitrogens with zero attached hydrogens (tertiary/aromatic N) is 1. The summed E-state index contributed by atoms with van der Waals surface area (Å²) in [6, 6.07) is 10.0. The molecule has 0 fully saturated rings. The van der Waals surface area contributed by atoms with E-state index in [0.29, 0.717) is 36.5 Å². The van der Waals surface area contributed by atoms with Gasteiger partial charge in [0.25, 0.3) is 0 Å². The predicted octanol–water partition coefficient (Wildman–Crippen LogP) is 4.58. The predicted molar refractivity (Wildman–Crippen MR) is 111 cm³/mol. The van der Waals surface area contributed by atoms with Crippen LogP contribution in [0.4, 0.5) is 26.3 Å². The molecule has 0 aliphatic rings. The molecule has 0 aliphatic carbocycles. The van der Waals surface area contributed by atoms with E-state index in [2.05, 4.69) is 5.10 Å². The number of hydrogen-bond acceptors (Lipinski definition) is 5. The van der Waals surface area contributed by atoms with Crippen LogP contribution in [0.2, 0.25) is 0 Å². The molecule has 0 unspecified atom stereocenters. The Kier molecular flexibility index (Phi) is 7.48. The third kappa shape index (κ3) is 6.59. The standard InChI is InChI=1S/C22H14F6N2O4S/c23-17-8-13(9-18(24)21(17)25)10-20(31)30-29-12-14-11-15(22(26,27)28)6-7-19(14)35(32,33)34-16-4-2-1-3-5-16/h1-9,11-12H,10H2,(H,30,31)/b29-12+. The number of carbonyl (C=O) groups excluding carboxylic acids is 1. The quantitative estimate of drug-likeness (QED) is 0.164. The lowest BCUT2D eigenvalue weighted by molar-refractivity contribution is -0.137. The van der Waals surface area contributed by atoms with Crippen LogP contribution in [0, 0.1) is 17.5 Å². The lowest BCUT2D eigenvalue weighted by atomic mass is 10.1. The van der Waals surface area contributed by atoms with Crippen LogP contribution >= 0.6 is 0 Å². The Hall–Kier alpha value is -3.87. The van der Waals surface area contributed by atoms with Crippen molar-refractivity contribution in [1.29, 1.82) is 0 Å². The van der Waals surface area contributed by atoms with E-state index >= 15 is 0 Å². The molecule has 184 valence electrons. The highest BCUT2D eigenvalue weighted by molar-refractivity contribution is 7.87. The fourth-order valence-corrected chi connectivity index (χ4v) is 3.90. The molecule has 0 aromatic heterocycles. The van der Waals surface area contributed by atoms with Crippen LogP contribution in [0.25, 0.3) is 0 Å². The maximum absolute atomic E-state index is 13.3. The van der Waals surface area contributed by atoms with Gasteiger partial charge in [0.15, 0.2) is 17.5 Å². The summed E-state index contributed by atoms with van der Waals surface area (Å²) >= 11 is 0. The highest BCUT2D eigenvalue weighted by Gasteiger charge is 2.32. The lowest BCUT2D eigenvalue weighted by Crippen LogP contribution is -2.20. The highest BCUT2D eigenvalue weighted by Crippen LogP contribution is 2.32. The molecule has 0 bridgehead atoms. The van der Waals surface area contributed by atoms with E-state index in [1.807, 2.05) is 5.43 Å². The van der Waals surface area contributed by atoms with E-state index in [1.54, 1.807) is 6.07 Å². The summed E-state index contributed by atoms with van der Waals surface area (Å²) in [6.45, 7) is 0. The number of alkyl halides is 3. The zero-order valence-electron chi connectivity index (χ0n) is 17.3. The van der Waals surface area contributed by atoms with Gasteiger partial charge in [0, 0.05) is 5.56 Å². The summed E-state index contributed by atoms with van der Waals surface area (Å²) < 4.78 is 109. The normalized spacial score (nSPS) is 12.1. The largest absolute Gasteiger partial charge is 0.416 e. The Labute approximate surface area is 195 Å². The van der Waals surface area contributed by atoms with Gasteiger partial charge in [0.2, 0.25) is 5.91 Å². The number of benzene rings is 3.